The molecule has 0 rings (SSSR count). The van der Waals surface area contributed by atoms with Gasteiger partial charge in [-0.05, 0) is 13.8 Å². The third-order valence-electron chi connectivity index (χ3n) is 0.407. The van der Waals surface area contributed by atoms with Crippen LogP contribution in [0.3, 0.4) is 0 Å². The van der Waals surface area contributed by atoms with E-state index in [2.05, 4.69) is 0 Å². The van der Waals surface area contributed by atoms with E-state index >= 15 is 0 Å². The molecule has 46 valence electrons. The van der Waals surface area contributed by atoms with Crippen molar-refractivity contribution in [1.29, 1.82) is 0 Å². The molecule has 0 saturated carbocycles. The van der Waals surface area contributed by atoms with E-state index in [1.54, 1.807) is 0 Å². The van der Waals surface area contributed by atoms with Crippen molar-refractivity contribution in [3.05, 3.63) is 0 Å². The monoisotopic (exact) mass is 162 g/mol. The van der Waals surface area contributed by atoms with E-state index in [1.807, 2.05) is 13.8 Å². The Labute approximate surface area is 82.3 Å². The maximum Gasteiger partial charge on any atom is 0.155 e. The average molecular weight is 162 g/mol. The van der Waals surface area contributed by atoms with Crippen molar-refractivity contribution in [2.24, 2.45) is 0 Å². The van der Waals surface area contributed by atoms with Gasteiger partial charge in [0.25, 0.3) is 0 Å². The molecule has 0 aliphatic carbocycles. The van der Waals surface area contributed by atoms with Crippen LogP contribution in [0.5, 0.6) is 0 Å². The van der Waals surface area contributed by atoms with Crippen LogP contribution in [0.4, 0.5) is 0 Å². The largest absolute Gasteiger partial charge is 0.337 e. The van der Waals surface area contributed by atoms with Crippen LogP contribution in [0, 0.1) is 0 Å². The molecule has 8 heavy (non-hydrogen) atoms. The minimum absolute atomic E-state index is 0. The SMILES string of the molecule is CCOPOCC.[Ca]. The molecule has 0 bridgehead atoms. The summed E-state index contributed by atoms with van der Waals surface area (Å²) in [5.74, 6) is 0. The number of hydrogen-bond acceptors (Lipinski definition) is 2. The van der Waals surface area contributed by atoms with Gasteiger partial charge in [0.1, 0.15) is 0 Å². The summed E-state index contributed by atoms with van der Waals surface area (Å²) in [6, 6.07) is 0. The van der Waals surface area contributed by atoms with Gasteiger partial charge in [0.05, 0.1) is 13.2 Å². The zero-order chi connectivity index (χ0) is 5.54. The molecule has 0 aromatic carbocycles. The zero-order valence-electron chi connectivity index (χ0n) is 5.44. The minimum atomic E-state index is 0. The first-order chi connectivity index (χ1) is 3.41. The molecule has 0 aromatic heterocycles. The van der Waals surface area contributed by atoms with Crippen molar-refractivity contribution in [1.82, 2.24) is 0 Å². The molecule has 2 radical (unpaired) electrons. The zero-order valence-corrected chi connectivity index (χ0v) is 8.65. The molecule has 2 nitrogen and oxygen atoms in total. The molecule has 0 aliphatic heterocycles. The van der Waals surface area contributed by atoms with E-state index in [9.17, 15) is 0 Å². The first-order valence-corrected chi connectivity index (χ1v) is 3.22. The molecule has 0 heterocycles. The standard InChI is InChI=1S/C4H11O2P.Ca/c1-3-5-7-6-4-2;/h7H,3-4H2,1-2H3;. The Morgan fingerprint density at radius 1 is 1.12 bits per heavy atom. The molecular weight excluding hydrogens is 151 g/mol. The van der Waals surface area contributed by atoms with E-state index in [-0.39, 0.29) is 46.8 Å². The van der Waals surface area contributed by atoms with Gasteiger partial charge in [-0.1, -0.05) is 0 Å². The van der Waals surface area contributed by atoms with Gasteiger partial charge < -0.3 is 9.05 Å². The van der Waals surface area contributed by atoms with Gasteiger partial charge in [0, 0.05) is 37.7 Å². The molecule has 0 aromatic rings. The third-order valence-corrected chi connectivity index (χ3v) is 1.22. The van der Waals surface area contributed by atoms with Crippen molar-refractivity contribution in [2.75, 3.05) is 13.2 Å². The summed E-state index contributed by atoms with van der Waals surface area (Å²) >= 11 is 0. The average Bonchev–Trinajstić information content (AvgIpc) is 1.69. The van der Waals surface area contributed by atoms with E-state index in [4.69, 9.17) is 9.05 Å². The molecular formula is C4H11CaO2P. The van der Waals surface area contributed by atoms with E-state index in [0.29, 0.717) is 0 Å². The molecule has 0 atom stereocenters. The molecule has 0 N–H and O–H groups in total. The Bertz CT molecular complexity index is 33.2. The summed E-state index contributed by atoms with van der Waals surface area (Å²) in [6.45, 7) is 5.40. The predicted octanol–water partition coefficient (Wildman–Crippen LogP) is 1.19. The maximum absolute atomic E-state index is 4.88. The Morgan fingerprint density at radius 2 is 1.50 bits per heavy atom. The van der Waals surface area contributed by atoms with Crippen LogP contribution in [0.1, 0.15) is 13.8 Å². The van der Waals surface area contributed by atoms with Gasteiger partial charge in [0.15, 0.2) is 9.03 Å². The van der Waals surface area contributed by atoms with E-state index in [0.717, 1.165) is 13.2 Å². The second kappa shape index (κ2) is 11.4. The minimum Gasteiger partial charge on any atom is -0.337 e. The van der Waals surface area contributed by atoms with Crippen LogP contribution in [0.15, 0.2) is 0 Å². The van der Waals surface area contributed by atoms with Crippen molar-refractivity contribution in [3.8, 4) is 0 Å². The summed E-state index contributed by atoms with van der Waals surface area (Å²) in [7, 11) is 0.232. The molecule has 0 aliphatic rings. The van der Waals surface area contributed by atoms with Crippen LogP contribution in [-0.2, 0) is 9.05 Å². The summed E-state index contributed by atoms with van der Waals surface area (Å²) < 4.78 is 9.76. The van der Waals surface area contributed by atoms with Crippen molar-refractivity contribution < 1.29 is 9.05 Å². The predicted molar refractivity (Wildman–Crippen MR) is 37.3 cm³/mol. The second-order valence-corrected chi connectivity index (χ2v) is 1.69. The summed E-state index contributed by atoms with van der Waals surface area (Å²) in [4.78, 5) is 0. The fourth-order valence-corrected chi connectivity index (χ4v) is 0.479. The molecule has 0 saturated heterocycles. The Morgan fingerprint density at radius 3 is 1.75 bits per heavy atom. The van der Waals surface area contributed by atoms with Gasteiger partial charge in [-0.25, -0.2) is 0 Å². The van der Waals surface area contributed by atoms with Crippen LogP contribution in [0.25, 0.3) is 0 Å². The van der Waals surface area contributed by atoms with Crippen molar-refractivity contribution >= 4 is 46.8 Å². The van der Waals surface area contributed by atoms with Crippen LogP contribution in [0.2, 0.25) is 0 Å². The summed E-state index contributed by atoms with van der Waals surface area (Å²) in [5, 5.41) is 0. The fraction of sp³-hybridized carbons (Fsp3) is 1.00. The van der Waals surface area contributed by atoms with E-state index < -0.39 is 0 Å². The smallest absolute Gasteiger partial charge is 0.155 e. The molecule has 4 heteroatoms. The Hall–Kier alpha value is 1.61. The van der Waals surface area contributed by atoms with Crippen molar-refractivity contribution in [2.45, 2.75) is 13.8 Å². The summed E-state index contributed by atoms with van der Waals surface area (Å²) in [5.41, 5.74) is 0. The van der Waals surface area contributed by atoms with Gasteiger partial charge in [-0.3, -0.25) is 0 Å². The fourth-order valence-electron chi connectivity index (χ4n) is 0.160. The first-order valence-electron chi connectivity index (χ1n) is 2.40. The normalized spacial score (nSPS) is 8.25. The van der Waals surface area contributed by atoms with Gasteiger partial charge in [-0.2, -0.15) is 0 Å². The molecule has 0 unspecified atom stereocenters. The van der Waals surface area contributed by atoms with E-state index in [1.165, 1.54) is 0 Å². The quantitative estimate of drug-likeness (QED) is 0.351. The van der Waals surface area contributed by atoms with Crippen molar-refractivity contribution in [3.63, 3.8) is 0 Å². The third kappa shape index (κ3) is 10.6. The first kappa shape index (κ1) is 12.3. The number of hydrogen-bond donors (Lipinski definition) is 0. The van der Waals surface area contributed by atoms with Gasteiger partial charge >= 0.3 is 0 Å². The molecule has 0 amide bonds. The van der Waals surface area contributed by atoms with Crippen LogP contribution < -0.4 is 0 Å². The second-order valence-electron chi connectivity index (χ2n) is 0.949. The molecule has 0 fully saturated rings. The molecule has 0 spiro atoms. The Kier molecular flexibility index (Phi) is 17.5. The van der Waals surface area contributed by atoms with Gasteiger partial charge in [0.2, 0.25) is 0 Å². The number of rotatable bonds is 4. The Balaban J connectivity index is 0. The topological polar surface area (TPSA) is 18.5 Å². The van der Waals surface area contributed by atoms with Crippen LogP contribution >= 0.6 is 9.03 Å². The maximum atomic E-state index is 4.88. The van der Waals surface area contributed by atoms with Gasteiger partial charge in [-0.15, -0.1) is 0 Å². The van der Waals surface area contributed by atoms with Crippen LogP contribution in [-0.4, -0.2) is 51.0 Å². The summed E-state index contributed by atoms with van der Waals surface area (Å²) in [6.07, 6.45) is 0.